The molecule has 0 aliphatic carbocycles. The Hall–Kier alpha value is -1.84. The highest BCUT2D eigenvalue weighted by atomic mass is 16.5. The predicted octanol–water partition coefficient (Wildman–Crippen LogP) is 2.38. The Kier molecular flexibility index (Phi) is 4.77. The molecule has 2 rings (SSSR count). The van der Waals surface area contributed by atoms with Gasteiger partial charge in [0.1, 0.15) is 12.6 Å². The van der Waals surface area contributed by atoms with Gasteiger partial charge in [-0.15, -0.1) is 0 Å². The molecule has 0 spiro atoms. The first kappa shape index (κ1) is 14.6. The molecule has 1 aliphatic heterocycles. The van der Waals surface area contributed by atoms with Crippen LogP contribution >= 0.6 is 0 Å². The zero-order chi connectivity index (χ0) is 14.5. The number of carbonyl (C=O) groups is 2. The fraction of sp³-hybridized carbons (Fsp3) is 0.500. The van der Waals surface area contributed by atoms with E-state index in [2.05, 4.69) is 0 Å². The van der Waals surface area contributed by atoms with E-state index >= 15 is 0 Å². The van der Waals surface area contributed by atoms with E-state index in [1.165, 1.54) is 0 Å². The first-order valence-corrected chi connectivity index (χ1v) is 7.10. The van der Waals surface area contributed by atoms with Crippen molar-refractivity contribution >= 4 is 11.9 Å². The zero-order valence-electron chi connectivity index (χ0n) is 12.0. The van der Waals surface area contributed by atoms with Crippen LogP contribution in [0.1, 0.15) is 32.3 Å². The number of esters is 1. The molecule has 0 bridgehead atoms. The Balaban J connectivity index is 1.93. The van der Waals surface area contributed by atoms with Crippen molar-refractivity contribution in [1.29, 1.82) is 0 Å². The minimum Gasteiger partial charge on any atom is -0.459 e. The molecule has 1 atom stereocenters. The summed E-state index contributed by atoms with van der Waals surface area (Å²) < 4.78 is 5.34. The van der Waals surface area contributed by atoms with Crippen LogP contribution in [-0.2, 0) is 20.9 Å². The van der Waals surface area contributed by atoms with Gasteiger partial charge in [-0.3, -0.25) is 4.79 Å². The van der Waals surface area contributed by atoms with Crippen LogP contribution < -0.4 is 0 Å². The van der Waals surface area contributed by atoms with Crippen LogP contribution in [0.2, 0.25) is 0 Å². The number of amides is 1. The van der Waals surface area contributed by atoms with Crippen molar-refractivity contribution in [3.05, 3.63) is 35.9 Å². The Labute approximate surface area is 119 Å². The number of benzene rings is 1. The highest BCUT2D eigenvalue weighted by Crippen LogP contribution is 2.21. The van der Waals surface area contributed by atoms with Crippen molar-refractivity contribution in [1.82, 2.24) is 4.90 Å². The van der Waals surface area contributed by atoms with Gasteiger partial charge < -0.3 is 9.64 Å². The summed E-state index contributed by atoms with van der Waals surface area (Å²) in [6.45, 7) is 4.63. The maximum absolute atomic E-state index is 12.1. The third-order valence-electron chi connectivity index (χ3n) is 3.53. The molecule has 1 saturated heterocycles. The predicted molar refractivity (Wildman–Crippen MR) is 75.8 cm³/mol. The van der Waals surface area contributed by atoms with Crippen molar-refractivity contribution in [2.24, 2.45) is 5.92 Å². The number of hydrogen-bond acceptors (Lipinski definition) is 3. The molecule has 0 radical (unpaired) electrons. The quantitative estimate of drug-likeness (QED) is 0.793. The van der Waals surface area contributed by atoms with E-state index in [9.17, 15) is 9.59 Å². The van der Waals surface area contributed by atoms with Gasteiger partial charge in [-0.2, -0.15) is 0 Å². The number of rotatable bonds is 4. The third kappa shape index (κ3) is 3.38. The number of likely N-dealkylation sites (tertiary alicyclic amines) is 1. The second-order valence-corrected chi connectivity index (χ2v) is 5.44. The van der Waals surface area contributed by atoms with Crippen molar-refractivity contribution in [2.75, 3.05) is 6.54 Å². The molecule has 4 heteroatoms. The molecular weight excluding hydrogens is 254 g/mol. The van der Waals surface area contributed by atoms with Crippen LogP contribution in [0.3, 0.4) is 0 Å². The summed E-state index contributed by atoms with van der Waals surface area (Å²) in [6, 6.07) is 9.16. The monoisotopic (exact) mass is 275 g/mol. The first-order valence-electron chi connectivity index (χ1n) is 7.10. The normalized spacial score (nSPS) is 18.4. The van der Waals surface area contributed by atoms with Gasteiger partial charge in [0.15, 0.2) is 0 Å². The summed E-state index contributed by atoms with van der Waals surface area (Å²) in [6.07, 6.45) is 1.57. The van der Waals surface area contributed by atoms with Crippen molar-refractivity contribution in [3.8, 4) is 0 Å². The highest BCUT2D eigenvalue weighted by Gasteiger charge is 2.35. The van der Waals surface area contributed by atoms with E-state index in [0.717, 1.165) is 12.0 Å². The summed E-state index contributed by atoms with van der Waals surface area (Å²) >= 11 is 0. The lowest BCUT2D eigenvalue weighted by Crippen LogP contribution is -2.43. The van der Waals surface area contributed by atoms with Crippen LogP contribution in [-0.4, -0.2) is 29.4 Å². The molecule has 1 aromatic carbocycles. The molecule has 0 aromatic heterocycles. The molecule has 1 aromatic rings. The van der Waals surface area contributed by atoms with Gasteiger partial charge >= 0.3 is 5.97 Å². The van der Waals surface area contributed by atoms with Crippen molar-refractivity contribution < 1.29 is 14.3 Å². The van der Waals surface area contributed by atoms with Crippen LogP contribution in [0.4, 0.5) is 0 Å². The minimum atomic E-state index is -0.409. The molecule has 0 N–H and O–H groups in total. The van der Waals surface area contributed by atoms with Gasteiger partial charge in [0.25, 0.3) is 0 Å². The Morgan fingerprint density at radius 3 is 2.65 bits per heavy atom. The minimum absolute atomic E-state index is 0.0316. The summed E-state index contributed by atoms with van der Waals surface area (Å²) in [5.74, 6) is -0.345. The topological polar surface area (TPSA) is 46.6 Å². The second-order valence-electron chi connectivity index (χ2n) is 5.44. The van der Waals surface area contributed by atoms with E-state index in [4.69, 9.17) is 4.74 Å². The standard InChI is InChI=1S/C16H21NO3/c1-12(2)15(18)17-10-6-9-14(17)16(19)20-11-13-7-4-3-5-8-13/h3-5,7-8,12,14H,6,9-11H2,1-2H3/t14-/m0/s1. The Bertz CT molecular complexity index is 470. The van der Waals surface area contributed by atoms with Gasteiger partial charge in [-0.25, -0.2) is 4.79 Å². The SMILES string of the molecule is CC(C)C(=O)N1CCC[C@H]1C(=O)OCc1ccccc1. The van der Waals surface area contributed by atoms with Gasteiger partial charge in [0.2, 0.25) is 5.91 Å². The molecule has 1 heterocycles. The largest absolute Gasteiger partial charge is 0.459 e. The summed E-state index contributed by atoms with van der Waals surface area (Å²) in [7, 11) is 0. The lowest BCUT2D eigenvalue weighted by atomic mass is 10.1. The van der Waals surface area contributed by atoms with Gasteiger partial charge in [-0.1, -0.05) is 44.2 Å². The van der Waals surface area contributed by atoms with Gasteiger partial charge in [-0.05, 0) is 18.4 Å². The van der Waals surface area contributed by atoms with E-state index in [1.807, 2.05) is 44.2 Å². The number of carbonyl (C=O) groups excluding carboxylic acids is 2. The molecule has 4 nitrogen and oxygen atoms in total. The first-order chi connectivity index (χ1) is 9.59. The van der Waals surface area contributed by atoms with Crippen LogP contribution in [0.5, 0.6) is 0 Å². The van der Waals surface area contributed by atoms with E-state index in [1.54, 1.807) is 4.90 Å². The number of ether oxygens (including phenoxy) is 1. The fourth-order valence-electron chi connectivity index (χ4n) is 2.43. The van der Waals surface area contributed by atoms with E-state index in [0.29, 0.717) is 13.0 Å². The highest BCUT2D eigenvalue weighted by molar-refractivity contribution is 5.86. The fourth-order valence-corrected chi connectivity index (χ4v) is 2.43. The zero-order valence-corrected chi connectivity index (χ0v) is 12.0. The summed E-state index contributed by atoms with van der Waals surface area (Å²) in [4.78, 5) is 25.9. The van der Waals surface area contributed by atoms with Crippen LogP contribution in [0, 0.1) is 5.92 Å². The average Bonchev–Trinajstić information content (AvgIpc) is 2.94. The lowest BCUT2D eigenvalue weighted by Gasteiger charge is -2.24. The smallest absolute Gasteiger partial charge is 0.329 e. The second kappa shape index (κ2) is 6.55. The molecule has 0 unspecified atom stereocenters. The Morgan fingerprint density at radius 2 is 2.00 bits per heavy atom. The lowest BCUT2D eigenvalue weighted by molar-refractivity contribution is -0.155. The average molecular weight is 275 g/mol. The molecule has 1 aliphatic rings. The van der Waals surface area contributed by atoms with Gasteiger partial charge in [0.05, 0.1) is 0 Å². The van der Waals surface area contributed by atoms with Crippen molar-refractivity contribution in [2.45, 2.75) is 39.3 Å². The van der Waals surface area contributed by atoms with Crippen LogP contribution in [0.25, 0.3) is 0 Å². The van der Waals surface area contributed by atoms with Crippen LogP contribution in [0.15, 0.2) is 30.3 Å². The maximum Gasteiger partial charge on any atom is 0.329 e. The number of nitrogens with zero attached hydrogens (tertiary/aromatic N) is 1. The molecule has 20 heavy (non-hydrogen) atoms. The van der Waals surface area contributed by atoms with E-state index < -0.39 is 6.04 Å². The number of hydrogen-bond donors (Lipinski definition) is 0. The van der Waals surface area contributed by atoms with Crippen molar-refractivity contribution in [3.63, 3.8) is 0 Å². The van der Waals surface area contributed by atoms with E-state index in [-0.39, 0.29) is 24.4 Å². The molecule has 0 saturated carbocycles. The third-order valence-corrected chi connectivity index (χ3v) is 3.53. The summed E-state index contributed by atoms with van der Waals surface area (Å²) in [5.41, 5.74) is 0.959. The maximum atomic E-state index is 12.1. The molecular formula is C16H21NO3. The Morgan fingerprint density at radius 1 is 1.30 bits per heavy atom. The summed E-state index contributed by atoms with van der Waals surface area (Å²) in [5, 5.41) is 0. The molecule has 108 valence electrons. The molecule has 1 amide bonds. The van der Waals surface area contributed by atoms with Gasteiger partial charge in [0, 0.05) is 12.5 Å². The molecule has 1 fully saturated rings.